The summed E-state index contributed by atoms with van der Waals surface area (Å²) in [5.74, 6) is -107. The Balaban J connectivity index is 7.35. The van der Waals surface area contributed by atoms with Gasteiger partial charge in [-0.05, 0) is 0 Å². The van der Waals surface area contributed by atoms with Crippen LogP contribution in [0.15, 0.2) is 0 Å². The summed E-state index contributed by atoms with van der Waals surface area (Å²) in [5.41, 5.74) is 0. The van der Waals surface area contributed by atoms with E-state index in [0.29, 0.717) is 6.92 Å². The van der Waals surface area contributed by atoms with Gasteiger partial charge in [-0.15, -0.1) is 0 Å². The zero-order valence-corrected chi connectivity index (χ0v) is 17.1. The van der Waals surface area contributed by atoms with Gasteiger partial charge in [-0.1, -0.05) is 0 Å². The van der Waals surface area contributed by atoms with Crippen molar-refractivity contribution >= 4 is 0 Å². The SMILES string of the molecule is [CH2]C(F)(F)C(F)(F)C(F)(F)C(F)(F)C(F)(F)C(F)(F)C(F)(F)C(F)(F)C(F)(F)C(F)(F)C(F)(F)C(F)(F)C(F)F. The van der Waals surface area contributed by atoms with Gasteiger partial charge in [-0.3, -0.25) is 0 Å². The van der Waals surface area contributed by atoms with E-state index in [4.69, 9.17) is 0 Å². The van der Waals surface area contributed by atoms with Crippen molar-refractivity contribution in [3.05, 3.63) is 6.92 Å². The van der Waals surface area contributed by atoms with E-state index in [1.807, 2.05) is 0 Å². The topological polar surface area (TPSA) is 0 Å². The molecule has 0 aliphatic rings. The van der Waals surface area contributed by atoms with Crippen molar-refractivity contribution in [2.75, 3.05) is 0 Å². The first-order valence-electron chi connectivity index (χ1n) is 8.36. The van der Waals surface area contributed by atoms with Crippen LogP contribution in [0.4, 0.5) is 114 Å². The molecule has 0 spiro atoms. The Hall–Kier alpha value is -1.82. The fourth-order valence-corrected chi connectivity index (χ4v) is 2.15. The fraction of sp³-hybridized carbons (Fsp3) is 0.929. The van der Waals surface area contributed by atoms with Crippen LogP contribution >= 0.6 is 0 Å². The van der Waals surface area contributed by atoms with E-state index in [-0.39, 0.29) is 0 Å². The van der Waals surface area contributed by atoms with Crippen LogP contribution in [0.5, 0.6) is 0 Å². The minimum Gasteiger partial charge on any atom is -0.203 e. The summed E-state index contributed by atoms with van der Waals surface area (Å²) in [6, 6.07) is 0. The molecule has 0 aromatic carbocycles. The lowest BCUT2D eigenvalue weighted by molar-refractivity contribution is -0.479. The Labute approximate surface area is 200 Å². The minimum absolute atomic E-state index is 0.703. The summed E-state index contributed by atoms with van der Waals surface area (Å²) >= 11 is 0. The van der Waals surface area contributed by atoms with Gasteiger partial charge in [-0.25, -0.2) is 8.78 Å². The van der Waals surface area contributed by atoms with E-state index in [2.05, 4.69) is 0 Å². The van der Waals surface area contributed by atoms with Crippen LogP contribution < -0.4 is 0 Å². The normalized spacial score (nSPS) is 17.1. The zero-order chi connectivity index (χ0) is 33.6. The predicted molar refractivity (Wildman–Crippen MR) is 70.7 cm³/mol. The highest BCUT2D eigenvalue weighted by Crippen LogP contribution is 2.67. The number of hydrogen-bond acceptors (Lipinski definition) is 0. The summed E-state index contributed by atoms with van der Waals surface area (Å²) in [6.07, 6.45) is -6.31. The number of rotatable bonds is 12. The summed E-state index contributed by atoms with van der Waals surface area (Å²) in [7, 11) is 0. The van der Waals surface area contributed by atoms with E-state index in [0.717, 1.165) is 0 Å². The summed E-state index contributed by atoms with van der Waals surface area (Å²) in [4.78, 5) is 0. The number of alkyl halides is 26. The van der Waals surface area contributed by atoms with Crippen molar-refractivity contribution in [3.8, 4) is 0 Å². The molecule has 0 rings (SSSR count). The molecule has 0 N–H and O–H groups in total. The van der Waals surface area contributed by atoms with Gasteiger partial charge >= 0.3 is 77.5 Å². The molecular formula is C14H3F26. The molecule has 0 saturated heterocycles. The zero-order valence-electron chi connectivity index (χ0n) is 17.1. The largest absolute Gasteiger partial charge is 0.385 e. The Morgan fingerprint density at radius 2 is 0.425 bits per heavy atom. The second kappa shape index (κ2) is 9.09. The molecule has 0 aromatic rings. The standard InChI is InChI=1S/C14H3F26/c1-3(17,18)5(21,22)7(25,26)9(29,30)11(33,34)13(37,38)14(39,40)12(35,36)10(31,32)8(27,28)6(23,24)4(19,20)2(15)16/h2H,1H2. The van der Waals surface area contributed by atoms with E-state index in [9.17, 15) is 114 Å². The third-order valence-corrected chi connectivity index (χ3v) is 4.70. The van der Waals surface area contributed by atoms with Crippen LogP contribution in [0.2, 0.25) is 0 Å². The molecule has 0 atom stereocenters. The molecule has 0 amide bonds. The van der Waals surface area contributed by atoms with E-state index in [1.54, 1.807) is 0 Å². The minimum atomic E-state index is -9.64. The maximum atomic E-state index is 13.5. The Morgan fingerprint density at radius 1 is 0.275 bits per heavy atom. The average molecular weight is 665 g/mol. The summed E-state index contributed by atoms with van der Waals surface area (Å²) in [6.45, 7) is 0.703. The maximum Gasteiger partial charge on any atom is 0.385 e. The first kappa shape index (κ1) is 38.2. The first-order valence-corrected chi connectivity index (χ1v) is 8.36. The Morgan fingerprint density at radius 3 is 0.575 bits per heavy atom. The molecule has 40 heavy (non-hydrogen) atoms. The molecule has 0 aliphatic carbocycles. The number of hydrogen-bond donors (Lipinski definition) is 0. The van der Waals surface area contributed by atoms with Crippen LogP contribution in [-0.2, 0) is 0 Å². The molecule has 0 nitrogen and oxygen atoms in total. The predicted octanol–water partition coefficient (Wildman–Crippen LogP) is 8.71. The van der Waals surface area contributed by atoms with E-state index < -0.39 is 77.5 Å². The van der Waals surface area contributed by atoms with Gasteiger partial charge in [0.2, 0.25) is 0 Å². The summed E-state index contributed by atoms with van der Waals surface area (Å²) < 4.78 is 340. The molecule has 0 saturated carbocycles. The van der Waals surface area contributed by atoms with Gasteiger partial charge < -0.3 is 0 Å². The van der Waals surface area contributed by atoms with Gasteiger partial charge in [-0.2, -0.15) is 105 Å². The van der Waals surface area contributed by atoms with Crippen molar-refractivity contribution < 1.29 is 114 Å². The highest BCUT2D eigenvalue weighted by atomic mass is 19.4. The lowest BCUT2D eigenvalue weighted by atomic mass is 9.84. The van der Waals surface area contributed by atoms with E-state index >= 15 is 0 Å². The van der Waals surface area contributed by atoms with Gasteiger partial charge in [0.05, 0.1) is 0 Å². The monoisotopic (exact) mass is 665 g/mol. The molecule has 0 heterocycles. The van der Waals surface area contributed by atoms with Gasteiger partial charge in [0, 0.05) is 6.92 Å². The van der Waals surface area contributed by atoms with Crippen LogP contribution in [0.1, 0.15) is 0 Å². The second-order valence-corrected chi connectivity index (χ2v) is 7.37. The molecule has 26 heteroatoms. The van der Waals surface area contributed by atoms with Crippen LogP contribution in [0.3, 0.4) is 0 Å². The molecule has 0 bridgehead atoms. The summed E-state index contributed by atoms with van der Waals surface area (Å²) in [5, 5.41) is 0. The van der Waals surface area contributed by atoms with Gasteiger partial charge in [0.1, 0.15) is 0 Å². The lowest BCUT2D eigenvalue weighted by Crippen LogP contribution is -2.78. The Bertz CT molecular complexity index is 916. The van der Waals surface area contributed by atoms with Crippen molar-refractivity contribution in [1.82, 2.24) is 0 Å². The van der Waals surface area contributed by atoms with Crippen LogP contribution in [-0.4, -0.2) is 77.5 Å². The lowest BCUT2D eigenvalue weighted by Gasteiger charge is -2.45. The molecule has 0 aromatic heterocycles. The van der Waals surface area contributed by atoms with Crippen molar-refractivity contribution in [2.24, 2.45) is 0 Å². The van der Waals surface area contributed by atoms with E-state index in [1.165, 1.54) is 0 Å². The highest BCUT2D eigenvalue weighted by molar-refractivity contribution is 5.20. The number of halogens is 26. The molecular weight excluding hydrogens is 662 g/mol. The molecule has 241 valence electrons. The third kappa shape index (κ3) is 4.21. The van der Waals surface area contributed by atoms with Crippen LogP contribution in [0.25, 0.3) is 0 Å². The average Bonchev–Trinajstić information content (AvgIpc) is 2.71. The molecule has 1 radical (unpaired) electrons. The third-order valence-electron chi connectivity index (χ3n) is 4.70. The fourth-order valence-electron chi connectivity index (χ4n) is 2.15. The maximum absolute atomic E-state index is 13.5. The smallest absolute Gasteiger partial charge is 0.203 e. The Kier molecular flexibility index (Phi) is 8.67. The van der Waals surface area contributed by atoms with Gasteiger partial charge in [0.25, 0.3) is 0 Å². The molecule has 0 aliphatic heterocycles. The molecule has 0 unspecified atom stereocenters. The molecule has 0 fully saturated rings. The van der Waals surface area contributed by atoms with Crippen molar-refractivity contribution in [1.29, 1.82) is 0 Å². The van der Waals surface area contributed by atoms with Gasteiger partial charge in [0.15, 0.2) is 0 Å². The highest BCUT2D eigenvalue weighted by Gasteiger charge is 2.99. The second-order valence-electron chi connectivity index (χ2n) is 7.37. The van der Waals surface area contributed by atoms with Crippen molar-refractivity contribution in [2.45, 2.75) is 77.5 Å². The van der Waals surface area contributed by atoms with Crippen molar-refractivity contribution in [3.63, 3.8) is 0 Å². The van der Waals surface area contributed by atoms with Crippen LogP contribution in [0, 0.1) is 6.92 Å². The first-order chi connectivity index (χ1) is 16.7. The quantitative estimate of drug-likeness (QED) is 0.183.